The molecule has 0 bridgehead atoms. The molecular formula is C13H15N. The molecule has 72 valence electrons. The molecule has 1 nitrogen and oxygen atoms in total. The standard InChI is InChI=1S/C13H15N/c1-13(2,3)9-8-11-4-6-12(10-14)7-5-11/h4-9H,1-3H3. The van der Waals surface area contributed by atoms with E-state index in [0.717, 1.165) is 5.56 Å². The first kappa shape index (κ1) is 10.5. The van der Waals surface area contributed by atoms with Gasteiger partial charge in [-0.1, -0.05) is 45.1 Å². The number of nitriles is 1. The van der Waals surface area contributed by atoms with E-state index in [1.54, 1.807) is 0 Å². The van der Waals surface area contributed by atoms with Crippen LogP contribution >= 0.6 is 0 Å². The van der Waals surface area contributed by atoms with E-state index in [2.05, 4.69) is 39.0 Å². The van der Waals surface area contributed by atoms with Gasteiger partial charge >= 0.3 is 0 Å². The molecule has 0 amide bonds. The van der Waals surface area contributed by atoms with E-state index in [4.69, 9.17) is 5.26 Å². The van der Waals surface area contributed by atoms with Crippen LogP contribution in [0.3, 0.4) is 0 Å². The minimum Gasteiger partial charge on any atom is -0.192 e. The van der Waals surface area contributed by atoms with Crippen LogP contribution in [0.4, 0.5) is 0 Å². The van der Waals surface area contributed by atoms with E-state index in [-0.39, 0.29) is 5.41 Å². The van der Waals surface area contributed by atoms with Crippen molar-refractivity contribution < 1.29 is 0 Å². The third-order valence-electron chi connectivity index (χ3n) is 1.82. The molecule has 0 aromatic heterocycles. The van der Waals surface area contributed by atoms with E-state index in [0.29, 0.717) is 5.56 Å². The summed E-state index contributed by atoms with van der Waals surface area (Å²) in [5.74, 6) is 0. The van der Waals surface area contributed by atoms with Gasteiger partial charge in [-0.25, -0.2) is 0 Å². The van der Waals surface area contributed by atoms with Crippen LogP contribution in [0.25, 0.3) is 6.08 Å². The van der Waals surface area contributed by atoms with E-state index in [9.17, 15) is 0 Å². The lowest BCUT2D eigenvalue weighted by Gasteiger charge is -2.10. The first-order chi connectivity index (χ1) is 6.51. The maximum Gasteiger partial charge on any atom is 0.0991 e. The Morgan fingerprint density at radius 2 is 1.71 bits per heavy atom. The molecule has 1 rings (SSSR count). The van der Waals surface area contributed by atoms with Crippen molar-refractivity contribution in [2.45, 2.75) is 20.8 Å². The molecule has 0 aliphatic carbocycles. The van der Waals surface area contributed by atoms with Gasteiger partial charge in [0.25, 0.3) is 0 Å². The van der Waals surface area contributed by atoms with Crippen LogP contribution in [-0.4, -0.2) is 0 Å². The molecule has 0 fully saturated rings. The molecule has 1 aromatic carbocycles. The molecule has 0 heterocycles. The highest BCUT2D eigenvalue weighted by molar-refractivity contribution is 5.51. The molecule has 0 aliphatic rings. The Hall–Kier alpha value is -1.55. The molecule has 0 radical (unpaired) electrons. The topological polar surface area (TPSA) is 23.8 Å². The van der Waals surface area contributed by atoms with Crippen LogP contribution < -0.4 is 0 Å². The third-order valence-corrected chi connectivity index (χ3v) is 1.82. The first-order valence-electron chi connectivity index (χ1n) is 4.71. The summed E-state index contributed by atoms with van der Waals surface area (Å²) in [6.07, 6.45) is 4.25. The van der Waals surface area contributed by atoms with Gasteiger partial charge in [-0.15, -0.1) is 0 Å². The Kier molecular flexibility index (Phi) is 3.09. The van der Waals surface area contributed by atoms with Crippen molar-refractivity contribution in [3.05, 3.63) is 41.5 Å². The fraction of sp³-hybridized carbons (Fsp3) is 0.308. The summed E-state index contributed by atoms with van der Waals surface area (Å²) in [6, 6.07) is 9.69. The van der Waals surface area contributed by atoms with Crippen molar-refractivity contribution in [3.63, 3.8) is 0 Å². The smallest absolute Gasteiger partial charge is 0.0991 e. The number of benzene rings is 1. The first-order valence-corrected chi connectivity index (χ1v) is 4.71. The largest absolute Gasteiger partial charge is 0.192 e. The van der Waals surface area contributed by atoms with Gasteiger partial charge in [0.15, 0.2) is 0 Å². The number of hydrogen-bond acceptors (Lipinski definition) is 1. The second-order valence-electron chi connectivity index (χ2n) is 4.43. The summed E-state index contributed by atoms with van der Waals surface area (Å²) in [7, 11) is 0. The second kappa shape index (κ2) is 4.11. The van der Waals surface area contributed by atoms with Crippen molar-refractivity contribution >= 4 is 6.08 Å². The van der Waals surface area contributed by atoms with Gasteiger partial charge in [-0.05, 0) is 23.1 Å². The molecule has 0 aliphatic heterocycles. The minimum atomic E-state index is 0.202. The minimum absolute atomic E-state index is 0.202. The molecule has 0 unspecified atom stereocenters. The fourth-order valence-electron chi connectivity index (χ4n) is 1.01. The van der Waals surface area contributed by atoms with E-state index in [1.165, 1.54) is 0 Å². The quantitative estimate of drug-likeness (QED) is 0.655. The van der Waals surface area contributed by atoms with Crippen LogP contribution in [0.1, 0.15) is 31.9 Å². The summed E-state index contributed by atoms with van der Waals surface area (Å²) in [6.45, 7) is 6.48. The Bertz CT molecular complexity index is 358. The maximum atomic E-state index is 8.62. The molecule has 14 heavy (non-hydrogen) atoms. The zero-order chi connectivity index (χ0) is 10.6. The average molecular weight is 185 g/mol. The Morgan fingerprint density at radius 3 is 2.14 bits per heavy atom. The Labute approximate surface area is 85.7 Å². The Balaban J connectivity index is 2.80. The lowest BCUT2D eigenvalue weighted by atomic mass is 9.95. The molecule has 1 aromatic rings. The van der Waals surface area contributed by atoms with Crippen molar-refractivity contribution in [1.29, 1.82) is 5.26 Å². The Morgan fingerprint density at radius 1 is 1.14 bits per heavy atom. The van der Waals surface area contributed by atoms with Crippen LogP contribution in [0, 0.1) is 16.7 Å². The van der Waals surface area contributed by atoms with Crippen molar-refractivity contribution in [2.24, 2.45) is 5.41 Å². The summed E-state index contributed by atoms with van der Waals surface area (Å²) in [4.78, 5) is 0. The predicted octanol–water partition coefficient (Wildman–Crippen LogP) is 3.62. The molecule has 0 atom stereocenters. The molecule has 0 saturated carbocycles. The zero-order valence-electron chi connectivity index (χ0n) is 8.91. The van der Waals surface area contributed by atoms with Gasteiger partial charge in [0.05, 0.1) is 11.6 Å². The summed E-state index contributed by atoms with van der Waals surface area (Å²) in [5, 5.41) is 8.62. The van der Waals surface area contributed by atoms with Gasteiger partial charge in [0.1, 0.15) is 0 Å². The monoisotopic (exact) mass is 185 g/mol. The number of rotatable bonds is 1. The summed E-state index contributed by atoms with van der Waals surface area (Å²) in [5.41, 5.74) is 2.05. The summed E-state index contributed by atoms with van der Waals surface area (Å²) < 4.78 is 0. The molecule has 0 spiro atoms. The van der Waals surface area contributed by atoms with Gasteiger partial charge in [0.2, 0.25) is 0 Å². The van der Waals surface area contributed by atoms with Crippen LogP contribution in [0.15, 0.2) is 30.3 Å². The predicted molar refractivity (Wildman–Crippen MR) is 59.6 cm³/mol. The van der Waals surface area contributed by atoms with E-state index in [1.807, 2.05) is 24.3 Å². The van der Waals surface area contributed by atoms with Gasteiger partial charge in [-0.2, -0.15) is 5.26 Å². The van der Waals surface area contributed by atoms with Crippen LogP contribution in [0.2, 0.25) is 0 Å². The average Bonchev–Trinajstić information content (AvgIpc) is 2.14. The SMILES string of the molecule is CC(C)(C)C=Cc1ccc(C#N)cc1. The summed E-state index contributed by atoms with van der Waals surface area (Å²) >= 11 is 0. The van der Waals surface area contributed by atoms with E-state index < -0.39 is 0 Å². The molecular weight excluding hydrogens is 170 g/mol. The van der Waals surface area contributed by atoms with Gasteiger partial charge < -0.3 is 0 Å². The lowest BCUT2D eigenvalue weighted by Crippen LogP contribution is -1.97. The number of hydrogen-bond donors (Lipinski definition) is 0. The van der Waals surface area contributed by atoms with Crippen molar-refractivity contribution in [1.82, 2.24) is 0 Å². The molecule has 0 N–H and O–H groups in total. The van der Waals surface area contributed by atoms with Crippen LogP contribution in [0.5, 0.6) is 0 Å². The van der Waals surface area contributed by atoms with Crippen molar-refractivity contribution in [2.75, 3.05) is 0 Å². The van der Waals surface area contributed by atoms with E-state index >= 15 is 0 Å². The third kappa shape index (κ3) is 3.45. The zero-order valence-corrected chi connectivity index (χ0v) is 8.91. The number of nitrogens with zero attached hydrogens (tertiary/aromatic N) is 1. The fourth-order valence-corrected chi connectivity index (χ4v) is 1.01. The molecule has 0 saturated heterocycles. The normalized spacial score (nSPS) is 11.6. The molecule has 1 heteroatoms. The maximum absolute atomic E-state index is 8.62. The number of allylic oxidation sites excluding steroid dienone is 1. The highest BCUT2D eigenvalue weighted by Gasteiger charge is 2.03. The van der Waals surface area contributed by atoms with Gasteiger partial charge in [-0.3, -0.25) is 0 Å². The highest BCUT2D eigenvalue weighted by atomic mass is 14.2. The van der Waals surface area contributed by atoms with Gasteiger partial charge in [0, 0.05) is 0 Å². The van der Waals surface area contributed by atoms with Crippen LogP contribution in [-0.2, 0) is 0 Å². The van der Waals surface area contributed by atoms with Crippen molar-refractivity contribution in [3.8, 4) is 6.07 Å². The highest BCUT2D eigenvalue weighted by Crippen LogP contribution is 2.17. The second-order valence-corrected chi connectivity index (χ2v) is 4.43. The lowest BCUT2D eigenvalue weighted by molar-refractivity contribution is 0.547.